The van der Waals surface area contributed by atoms with E-state index in [9.17, 15) is 0 Å². The highest BCUT2D eigenvalue weighted by Gasteiger charge is 2.13. The Kier molecular flexibility index (Phi) is 5.60. The van der Waals surface area contributed by atoms with E-state index in [1.807, 2.05) is 5.51 Å². The summed E-state index contributed by atoms with van der Waals surface area (Å²) >= 11 is 1.77. The normalized spacial score (nSPS) is 16.8. The van der Waals surface area contributed by atoms with Crippen LogP contribution in [0.4, 0.5) is 0 Å². The Morgan fingerprint density at radius 1 is 1.44 bits per heavy atom. The minimum atomic E-state index is 0.805. The maximum absolute atomic E-state index is 4.30. The van der Waals surface area contributed by atoms with Gasteiger partial charge in [-0.05, 0) is 46.3 Å². The van der Waals surface area contributed by atoms with E-state index in [0.29, 0.717) is 0 Å². The molecule has 1 fully saturated rings. The van der Waals surface area contributed by atoms with Crippen molar-refractivity contribution in [1.29, 1.82) is 0 Å². The number of nitrogens with one attached hydrogen (secondary N) is 1. The zero-order chi connectivity index (χ0) is 12.8. The van der Waals surface area contributed by atoms with Crippen LogP contribution in [-0.2, 0) is 6.54 Å². The van der Waals surface area contributed by atoms with Gasteiger partial charge in [-0.25, -0.2) is 4.98 Å². The molecule has 1 saturated carbocycles. The van der Waals surface area contributed by atoms with Crippen molar-refractivity contribution in [2.45, 2.75) is 51.6 Å². The fraction of sp³-hybridized carbons (Fsp3) is 0.786. The highest BCUT2D eigenvalue weighted by molar-refractivity contribution is 7.09. The summed E-state index contributed by atoms with van der Waals surface area (Å²) in [7, 11) is 2.20. The van der Waals surface area contributed by atoms with Crippen molar-refractivity contribution in [2.75, 3.05) is 20.1 Å². The predicted molar refractivity (Wildman–Crippen MR) is 78.1 cm³/mol. The van der Waals surface area contributed by atoms with Crippen molar-refractivity contribution in [3.8, 4) is 0 Å². The van der Waals surface area contributed by atoms with Crippen LogP contribution in [0.5, 0.6) is 0 Å². The van der Waals surface area contributed by atoms with Gasteiger partial charge in [0.05, 0.1) is 11.2 Å². The Hall–Kier alpha value is -0.450. The minimum absolute atomic E-state index is 0.805. The molecule has 0 unspecified atom stereocenters. The van der Waals surface area contributed by atoms with Crippen LogP contribution in [-0.4, -0.2) is 36.1 Å². The Bertz CT molecular complexity index is 345. The van der Waals surface area contributed by atoms with E-state index in [2.05, 4.69) is 29.2 Å². The summed E-state index contributed by atoms with van der Waals surface area (Å²) in [5.74, 6) is 0. The molecule has 18 heavy (non-hydrogen) atoms. The number of nitrogens with zero attached hydrogens (tertiary/aromatic N) is 2. The first-order valence-corrected chi connectivity index (χ1v) is 7.94. The molecule has 1 heterocycles. The van der Waals surface area contributed by atoms with Crippen molar-refractivity contribution in [3.05, 3.63) is 16.1 Å². The van der Waals surface area contributed by atoms with E-state index in [1.54, 1.807) is 11.3 Å². The summed E-state index contributed by atoms with van der Waals surface area (Å²) in [5, 5.41) is 3.67. The van der Waals surface area contributed by atoms with Crippen LogP contribution in [0.1, 0.15) is 42.7 Å². The van der Waals surface area contributed by atoms with Crippen molar-refractivity contribution < 1.29 is 0 Å². The monoisotopic (exact) mass is 267 g/mol. The molecule has 3 nitrogen and oxygen atoms in total. The van der Waals surface area contributed by atoms with Crippen LogP contribution >= 0.6 is 11.3 Å². The van der Waals surface area contributed by atoms with E-state index in [-0.39, 0.29) is 0 Å². The van der Waals surface area contributed by atoms with Gasteiger partial charge in [-0.2, -0.15) is 0 Å². The third kappa shape index (κ3) is 4.34. The van der Waals surface area contributed by atoms with E-state index in [4.69, 9.17) is 0 Å². The molecule has 4 heteroatoms. The quantitative estimate of drug-likeness (QED) is 0.770. The van der Waals surface area contributed by atoms with E-state index < -0.39 is 0 Å². The van der Waals surface area contributed by atoms with Gasteiger partial charge in [-0.3, -0.25) is 0 Å². The summed E-state index contributed by atoms with van der Waals surface area (Å²) in [5.41, 5.74) is 3.14. The average Bonchev–Trinajstić information content (AvgIpc) is 2.98. The largest absolute Gasteiger partial charge is 0.314 e. The number of hydrogen-bond donors (Lipinski definition) is 1. The van der Waals surface area contributed by atoms with Crippen LogP contribution < -0.4 is 5.32 Å². The Morgan fingerprint density at radius 3 is 2.89 bits per heavy atom. The summed E-state index contributed by atoms with van der Waals surface area (Å²) in [6.45, 7) is 5.47. The molecule has 1 aromatic rings. The molecule has 0 amide bonds. The molecule has 1 N–H and O–H groups in total. The molecule has 0 bridgehead atoms. The van der Waals surface area contributed by atoms with Gasteiger partial charge in [0.2, 0.25) is 0 Å². The lowest BCUT2D eigenvalue weighted by molar-refractivity contribution is 0.318. The second-order valence-corrected chi connectivity index (χ2v) is 6.33. The summed E-state index contributed by atoms with van der Waals surface area (Å²) in [4.78, 5) is 8.10. The molecule has 0 aliphatic heterocycles. The molecule has 0 atom stereocenters. The molecule has 102 valence electrons. The van der Waals surface area contributed by atoms with Crippen LogP contribution in [0.15, 0.2) is 5.51 Å². The first kappa shape index (κ1) is 14.0. The number of aryl methyl sites for hydroxylation is 1. The number of thiazole rings is 1. The summed E-state index contributed by atoms with van der Waals surface area (Å²) in [6.07, 6.45) is 6.85. The van der Waals surface area contributed by atoms with Crippen molar-refractivity contribution in [1.82, 2.24) is 15.2 Å². The topological polar surface area (TPSA) is 28.2 Å². The summed E-state index contributed by atoms with van der Waals surface area (Å²) < 4.78 is 0. The van der Waals surface area contributed by atoms with Gasteiger partial charge >= 0.3 is 0 Å². The first-order valence-electron chi connectivity index (χ1n) is 7.06. The second kappa shape index (κ2) is 7.22. The van der Waals surface area contributed by atoms with Gasteiger partial charge in [0.15, 0.2) is 0 Å². The van der Waals surface area contributed by atoms with Crippen molar-refractivity contribution >= 4 is 11.3 Å². The SMILES string of the molecule is Cc1ncsc1CN(C)CCCNC1CCCC1. The lowest BCUT2D eigenvalue weighted by Gasteiger charge is -2.17. The molecule has 0 spiro atoms. The first-order chi connectivity index (χ1) is 8.75. The predicted octanol–water partition coefficient (Wildman–Crippen LogP) is 2.81. The standard InChI is InChI=1S/C14H25N3S/c1-12-14(18-11-16-12)10-17(2)9-5-8-15-13-6-3-4-7-13/h11,13,15H,3-10H2,1-2H3. The van der Waals surface area contributed by atoms with Crippen LogP contribution in [0.3, 0.4) is 0 Å². The molecule has 1 aromatic heterocycles. The minimum Gasteiger partial charge on any atom is -0.314 e. The number of aromatic nitrogens is 1. The van der Waals surface area contributed by atoms with Gasteiger partial charge in [-0.1, -0.05) is 12.8 Å². The van der Waals surface area contributed by atoms with Gasteiger partial charge in [0.1, 0.15) is 0 Å². The molecule has 1 aliphatic carbocycles. The molecule has 1 aliphatic rings. The van der Waals surface area contributed by atoms with E-state index in [0.717, 1.165) is 25.7 Å². The van der Waals surface area contributed by atoms with E-state index >= 15 is 0 Å². The van der Waals surface area contributed by atoms with Gasteiger partial charge in [0.25, 0.3) is 0 Å². The Morgan fingerprint density at radius 2 is 2.22 bits per heavy atom. The van der Waals surface area contributed by atoms with E-state index in [1.165, 1.54) is 42.7 Å². The molecule has 2 rings (SSSR count). The van der Waals surface area contributed by atoms with Crippen molar-refractivity contribution in [2.24, 2.45) is 0 Å². The van der Waals surface area contributed by atoms with Crippen LogP contribution in [0.25, 0.3) is 0 Å². The fourth-order valence-electron chi connectivity index (χ4n) is 2.59. The molecule has 0 saturated heterocycles. The van der Waals surface area contributed by atoms with Gasteiger partial charge in [0, 0.05) is 17.5 Å². The number of hydrogen-bond acceptors (Lipinski definition) is 4. The average molecular weight is 267 g/mol. The lowest BCUT2D eigenvalue weighted by Crippen LogP contribution is -2.29. The Labute approximate surface area is 115 Å². The lowest BCUT2D eigenvalue weighted by atomic mass is 10.2. The maximum atomic E-state index is 4.30. The zero-order valence-electron chi connectivity index (χ0n) is 11.6. The molecule has 0 aromatic carbocycles. The number of rotatable bonds is 7. The molecule has 0 radical (unpaired) electrons. The third-order valence-electron chi connectivity index (χ3n) is 3.76. The fourth-order valence-corrected chi connectivity index (χ4v) is 3.44. The molecular weight excluding hydrogens is 242 g/mol. The third-order valence-corrected chi connectivity index (χ3v) is 4.68. The zero-order valence-corrected chi connectivity index (χ0v) is 12.4. The van der Waals surface area contributed by atoms with Crippen LogP contribution in [0.2, 0.25) is 0 Å². The van der Waals surface area contributed by atoms with Crippen molar-refractivity contribution in [3.63, 3.8) is 0 Å². The highest BCUT2D eigenvalue weighted by Crippen LogP contribution is 2.17. The highest BCUT2D eigenvalue weighted by atomic mass is 32.1. The summed E-state index contributed by atoms with van der Waals surface area (Å²) in [6, 6.07) is 0.805. The smallest absolute Gasteiger partial charge is 0.0798 e. The van der Waals surface area contributed by atoms with Crippen LogP contribution in [0, 0.1) is 6.92 Å². The molecular formula is C14H25N3S. The Balaban J connectivity index is 1.57. The van der Waals surface area contributed by atoms with Gasteiger partial charge in [-0.15, -0.1) is 11.3 Å². The maximum Gasteiger partial charge on any atom is 0.0798 e. The van der Waals surface area contributed by atoms with Gasteiger partial charge < -0.3 is 10.2 Å². The second-order valence-electron chi connectivity index (χ2n) is 5.39.